The SMILES string of the molecule is CCCN(C)c1ccc(C(=O)N2CCc3cc(S(=O)(=O)N4CCCCC4)ccc32)cc1. The Morgan fingerprint density at radius 1 is 1.00 bits per heavy atom. The Bertz CT molecular complexity index is 1040. The maximum absolute atomic E-state index is 13.1. The molecule has 7 heteroatoms. The van der Waals surface area contributed by atoms with Crippen LogP contribution in [0.4, 0.5) is 11.4 Å². The number of anilines is 2. The molecule has 0 bridgehead atoms. The maximum atomic E-state index is 13.1. The largest absolute Gasteiger partial charge is 0.375 e. The Morgan fingerprint density at radius 3 is 2.39 bits per heavy atom. The molecular formula is C24H31N3O3S. The standard InChI is InChI=1S/C24H31N3O3S/c1-3-14-25(2)21-9-7-19(8-10-21)24(28)27-17-13-20-18-22(11-12-23(20)27)31(29,30)26-15-5-4-6-16-26/h7-12,18H,3-6,13-17H2,1-2H3. The predicted octanol–water partition coefficient (Wildman–Crippen LogP) is 3.91. The lowest BCUT2D eigenvalue weighted by Crippen LogP contribution is -2.35. The van der Waals surface area contributed by atoms with Crippen LogP contribution < -0.4 is 9.80 Å². The van der Waals surface area contributed by atoms with Gasteiger partial charge in [0.25, 0.3) is 5.91 Å². The van der Waals surface area contributed by atoms with Crippen molar-refractivity contribution in [2.24, 2.45) is 0 Å². The molecule has 4 rings (SSSR count). The van der Waals surface area contributed by atoms with E-state index in [1.807, 2.05) is 31.3 Å². The van der Waals surface area contributed by atoms with Crippen LogP contribution in [0.5, 0.6) is 0 Å². The van der Waals surface area contributed by atoms with Crippen molar-refractivity contribution in [1.29, 1.82) is 0 Å². The van der Waals surface area contributed by atoms with Crippen LogP contribution in [0.3, 0.4) is 0 Å². The van der Waals surface area contributed by atoms with Gasteiger partial charge in [0.15, 0.2) is 0 Å². The predicted molar refractivity (Wildman–Crippen MR) is 124 cm³/mol. The monoisotopic (exact) mass is 441 g/mol. The Labute approximate surface area is 185 Å². The molecule has 2 aromatic rings. The topological polar surface area (TPSA) is 60.9 Å². The van der Waals surface area contributed by atoms with E-state index in [4.69, 9.17) is 0 Å². The van der Waals surface area contributed by atoms with E-state index in [-0.39, 0.29) is 5.91 Å². The fraction of sp³-hybridized carbons (Fsp3) is 0.458. The summed E-state index contributed by atoms with van der Waals surface area (Å²) in [7, 11) is -1.42. The summed E-state index contributed by atoms with van der Waals surface area (Å²) in [6, 6.07) is 12.9. The van der Waals surface area contributed by atoms with Gasteiger partial charge in [-0.05, 0) is 73.7 Å². The third kappa shape index (κ3) is 4.34. The quantitative estimate of drug-likeness (QED) is 0.682. The summed E-state index contributed by atoms with van der Waals surface area (Å²) in [6.07, 6.45) is 4.65. The summed E-state index contributed by atoms with van der Waals surface area (Å²) in [5, 5.41) is 0. The number of piperidine rings is 1. The van der Waals surface area contributed by atoms with Crippen LogP contribution in [0.1, 0.15) is 48.5 Å². The molecule has 31 heavy (non-hydrogen) atoms. The van der Waals surface area contributed by atoms with Crippen LogP contribution in [0.25, 0.3) is 0 Å². The minimum Gasteiger partial charge on any atom is -0.375 e. The van der Waals surface area contributed by atoms with Crippen LogP contribution in [0.2, 0.25) is 0 Å². The second-order valence-corrected chi connectivity index (χ2v) is 10.4. The number of benzene rings is 2. The van der Waals surface area contributed by atoms with E-state index < -0.39 is 10.0 Å². The average Bonchev–Trinajstić information content (AvgIpc) is 3.23. The number of carbonyl (C=O) groups is 1. The van der Waals surface area contributed by atoms with Gasteiger partial charge in [-0.1, -0.05) is 13.3 Å². The van der Waals surface area contributed by atoms with Gasteiger partial charge >= 0.3 is 0 Å². The van der Waals surface area contributed by atoms with E-state index in [1.165, 1.54) is 0 Å². The molecule has 2 aliphatic rings. The number of amides is 1. The fourth-order valence-corrected chi connectivity index (χ4v) is 6.05. The number of hydrogen-bond acceptors (Lipinski definition) is 4. The van der Waals surface area contributed by atoms with E-state index >= 15 is 0 Å². The summed E-state index contributed by atoms with van der Waals surface area (Å²) in [5.41, 5.74) is 3.47. The van der Waals surface area contributed by atoms with Crippen LogP contribution in [-0.2, 0) is 16.4 Å². The van der Waals surface area contributed by atoms with Crippen LogP contribution in [0.15, 0.2) is 47.4 Å². The molecule has 0 aromatic heterocycles. The Hall–Kier alpha value is -2.38. The molecule has 0 atom stereocenters. The third-order valence-electron chi connectivity index (χ3n) is 6.26. The highest BCUT2D eigenvalue weighted by Crippen LogP contribution is 2.33. The van der Waals surface area contributed by atoms with Gasteiger partial charge in [-0.15, -0.1) is 0 Å². The van der Waals surface area contributed by atoms with E-state index in [0.717, 1.165) is 49.2 Å². The zero-order valence-electron chi connectivity index (χ0n) is 18.4. The highest BCUT2D eigenvalue weighted by atomic mass is 32.2. The first-order valence-electron chi connectivity index (χ1n) is 11.2. The number of nitrogens with zero attached hydrogens (tertiary/aromatic N) is 3. The minimum absolute atomic E-state index is 0.0462. The number of fused-ring (bicyclic) bond motifs is 1. The lowest BCUT2D eigenvalue weighted by molar-refractivity contribution is 0.0989. The highest BCUT2D eigenvalue weighted by molar-refractivity contribution is 7.89. The molecule has 0 spiro atoms. The molecule has 2 heterocycles. The molecule has 1 amide bonds. The average molecular weight is 442 g/mol. The van der Waals surface area contributed by atoms with E-state index in [2.05, 4.69) is 11.8 Å². The first-order chi connectivity index (χ1) is 14.9. The van der Waals surface area contributed by atoms with Crippen molar-refractivity contribution in [2.75, 3.05) is 43.0 Å². The van der Waals surface area contributed by atoms with Gasteiger partial charge in [0.05, 0.1) is 4.90 Å². The lowest BCUT2D eigenvalue weighted by Gasteiger charge is -2.26. The van der Waals surface area contributed by atoms with Crippen LogP contribution >= 0.6 is 0 Å². The Balaban J connectivity index is 1.53. The van der Waals surface area contributed by atoms with Gasteiger partial charge in [-0.25, -0.2) is 8.42 Å². The van der Waals surface area contributed by atoms with E-state index in [9.17, 15) is 13.2 Å². The first-order valence-corrected chi connectivity index (χ1v) is 12.6. The zero-order chi connectivity index (χ0) is 22.0. The van der Waals surface area contributed by atoms with Gasteiger partial charge < -0.3 is 9.80 Å². The molecule has 0 N–H and O–H groups in total. The van der Waals surface area contributed by atoms with Gasteiger partial charge in [-0.3, -0.25) is 4.79 Å². The molecular weight excluding hydrogens is 410 g/mol. The summed E-state index contributed by atoms with van der Waals surface area (Å²) in [6.45, 7) is 4.86. The van der Waals surface area contributed by atoms with E-state index in [1.54, 1.807) is 27.4 Å². The normalized spacial score (nSPS) is 16.9. The van der Waals surface area contributed by atoms with Gasteiger partial charge in [-0.2, -0.15) is 4.31 Å². The molecule has 2 aliphatic heterocycles. The smallest absolute Gasteiger partial charge is 0.258 e. The lowest BCUT2D eigenvalue weighted by atomic mass is 10.1. The van der Waals surface area contributed by atoms with Crippen molar-refractivity contribution in [3.8, 4) is 0 Å². The number of sulfonamides is 1. The summed E-state index contributed by atoms with van der Waals surface area (Å²) in [5.74, 6) is -0.0462. The van der Waals surface area contributed by atoms with Crippen molar-refractivity contribution >= 4 is 27.3 Å². The molecule has 6 nitrogen and oxygen atoms in total. The summed E-state index contributed by atoms with van der Waals surface area (Å²) < 4.78 is 27.6. The van der Waals surface area contributed by atoms with Crippen molar-refractivity contribution in [3.05, 3.63) is 53.6 Å². The molecule has 1 fully saturated rings. The molecule has 0 radical (unpaired) electrons. The van der Waals surface area contributed by atoms with Gasteiger partial charge in [0.2, 0.25) is 10.0 Å². The number of rotatable bonds is 6. The van der Waals surface area contributed by atoms with Crippen molar-refractivity contribution in [1.82, 2.24) is 4.31 Å². The summed E-state index contributed by atoms with van der Waals surface area (Å²) in [4.78, 5) is 17.4. The first kappa shape index (κ1) is 21.8. The maximum Gasteiger partial charge on any atom is 0.258 e. The minimum atomic E-state index is -3.47. The van der Waals surface area contributed by atoms with Crippen LogP contribution in [-0.4, -0.2) is 51.9 Å². The Morgan fingerprint density at radius 2 is 1.71 bits per heavy atom. The van der Waals surface area contributed by atoms with Gasteiger partial charge in [0, 0.05) is 50.2 Å². The molecule has 166 valence electrons. The number of hydrogen-bond donors (Lipinski definition) is 0. The second-order valence-electron chi connectivity index (χ2n) is 8.43. The van der Waals surface area contributed by atoms with Crippen molar-refractivity contribution in [2.45, 2.75) is 43.9 Å². The summed E-state index contributed by atoms with van der Waals surface area (Å²) >= 11 is 0. The molecule has 0 unspecified atom stereocenters. The molecule has 1 saturated heterocycles. The molecule has 0 aliphatic carbocycles. The molecule has 0 saturated carbocycles. The number of carbonyl (C=O) groups excluding carboxylic acids is 1. The third-order valence-corrected chi connectivity index (χ3v) is 8.15. The Kier molecular flexibility index (Phi) is 6.34. The van der Waals surface area contributed by atoms with Crippen molar-refractivity contribution < 1.29 is 13.2 Å². The van der Waals surface area contributed by atoms with Gasteiger partial charge in [0.1, 0.15) is 0 Å². The fourth-order valence-electron chi connectivity index (χ4n) is 4.48. The highest BCUT2D eigenvalue weighted by Gasteiger charge is 2.30. The molecule has 2 aromatic carbocycles. The van der Waals surface area contributed by atoms with E-state index in [0.29, 0.717) is 36.5 Å². The van der Waals surface area contributed by atoms with Crippen molar-refractivity contribution in [3.63, 3.8) is 0 Å². The second kappa shape index (κ2) is 9.01. The zero-order valence-corrected chi connectivity index (χ0v) is 19.2. The van der Waals surface area contributed by atoms with Crippen LogP contribution in [0, 0.1) is 0 Å².